The van der Waals surface area contributed by atoms with Gasteiger partial charge >= 0.3 is 0 Å². The Morgan fingerprint density at radius 1 is 0.429 bits per heavy atom. The van der Waals surface area contributed by atoms with Crippen LogP contribution in [0, 0.1) is 0 Å². The highest BCUT2D eigenvalue weighted by Crippen LogP contribution is 2.44. The molecule has 0 fully saturated rings. The third-order valence-corrected chi connectivity index (χ3v) is 8.44. The van der Waals surface area contributed by atoms with Gasteiger partial charge in [0.2, 0.25) is 0 Å². The summed E-state index contributed by atoms with van der Waals surface area (Å²) in [4.78, 5) is 0. The van der Waals surface area contributed by atoms with Crippen LogP contribution in [0.4, 0.5) is 0 Å². The third kappa shape index (κ3) is 3.45. The summed E-state index contributed by atoms with van der Waals surface area (Å²) in [7, 11) is 25.5. The minimum atomic E-state index is -0.299. The van der Waals surface area contributed by atoms with Gasteiger partial charge in [-0.05, 0) is 78.8 Å². The zero-order valence-corrected chi connectivity index (χ0v) is 22.5. The normalized spacial score (nSPS) is 11.8. The molecule has 1 N–H and O–H groups in total. The Morgan fingerprint density at radius 3 is 1.52 bits per heavy atom. The lowest BCUT2D eigenvalue weighted by Gasteiger charge is -2.24. The van der Waals surface area contributed by atoms with Crippen LogP contribution in [-0.2, 0) is 0 Å². The third-order valence-electron chi connectivity index (χ3n) is 8.44. The molecular weight excluding hydrogens is 508 g/mol. The molecule has 0 atom stereocenters. The molecule has 0 aliphatic rings. The van der Waals surface area contributed by atoms with E-state index in [1.165, 1.54) is 5.39 Å². The van der Waals surface area contributed by atoms with Crippen molar-refractivity contribution in [3.05, 3.63) is 103 Å². The van der Waals surface area contributed by atoms with Crippen LogP contribution in [0.5, 0.6) is 5.75 Å². The van der Waals surface area contributed by atoms with Crippen LogP contribution in [-0.4, -0.2) is 36.5 Å². The average Bonchev–Trinajstić information content (AvgIpc) is 3.38. The molecule has 8 aromatic rings. The summed E-state index contributed by atoms with van der Waals surface area (Å²) in [5, 5.41) is 18.8. The molecule has 0 saturated heterocycles. The second-order valence-corrected chi connectivity index (χ2v) is 10.7. The molecule has 0 unspecified atom stereocenters. The zero-order valence-electron chi connectivity index (χ0n) is 22.5. The van der Waals surface area contributed by atoms with Crippen molar-refractivity contribution < 1.29 is 9.52 Å². The van der Waals surface area contributed by atoms with E-state index in [1.54, 1.807) is 0 Å². The summed E-state index contributed by atoms with van der Waals surface area (Å²) in [6.45, 7) is 0. The Balaban J connectivity index is 1.49. The molecule has 7 aromatic carbocycles. The predicted molar refractivity (Wildman–Crippen MR) is 180 cm³/mol. The molecule has 1 heterocycles. The van der Waals surface area contributed by atoms with Gasteiger partial charge in [-0.1, -0.05) is 101 Å². The van der Waals surface area contributed by atoms with Crippen molar-refractivity contribution in [1.29, 1.82) is 0 Å². The minimum Gasteiger partial charge on any atom is -0.509 e. The van der Waals surface area contributed by atoms with Crippen LogP contribution in [0.15, 0.2) is 108 Å². The molecule has 0 amide bonds. The summed E-state index contributed by atoms with van der Waals surface area (Å²) in [6.07, 6.45) is 0. The SMILES string of the molecule is [B]c1c([B])c(-c2c3ccccc3c(-c3ccc4oc5cc6ccccc6cc5c4c3)c3ccccc23)c([B])c([B])c1O. The smallest absolute Gasteiger partial charge is 0.136 e. The van der Waals surface area contributed by atoms with E-state index in [2.05, 4.69) is 66.7 Å². The number of fused-ring (bicyclic) bond motifs is 6. The van der Waals surface area contributed by atoms with Crippen LogP contribution >= 0.6 is 0 Å². The number of benzene rings is 7. The minimum absolute atomic E-state index is 0.0127. The highest BCUT2D eigenvalue weighted by Gasteiger charge is 2.21. The van der Waals surface area contributed by atoms with E-state index in [0.29, 0.717) is 5.56 Å². The summed E-state index contributed by atoms with van der Waals surface area (Å²) in [5.41, 5.74) is 5.59. The Bertz CT molecular complexity index is 2340. The van der Waals surface area contributed by atoms with Gasteiger partial charge in [0.15, 0.2) is 0 Å². The van der Waals surface area contributed by atoms with Gasteiger partial charge in [0.05, 0.1) is 5.75 Å². The topological polar surface area (TPSA) is 33.4 Å². The van der Waals surface area contributed by atoms with Crippen LogP contribution in [0.25, 0.3) is 76.5 Å². The summed E-state index contributed by atoms with van der Waals surface area (Å²) < 4.78 is 6.29. The molecule has 186 valence electrons. The van der Waals surface area contributed by atoms with Crippen molar-refractivity contribution in [1.82, 2.24) is 0 Å². The van der Waals surface area contributed by atoms with E-state index in [1.807, 2.05) is 36.4 Å². The maximum absolute atomic E-state index is 10.4. The maximum atomic E-state index is 10.4. The van der Waals surface area contributed by atoms with Crippen molar-refractivity contribution >= 4 is 107 Å². The quantitative estimate of drug-likeness (QED) is 0.247. The van der Waals surface area contributed by atoms with Crippen molar-refractivity contribution in [2.24, 2.45) is 0 Å². The van der Waals surface area contributed by atoms with Gasteiger partial charge in [0, 0.05) is 10.8 Å². The lowest BCUT2D eigenvalue weighted by Crippen LogP contribution is -2.42. The summed E-state index contributed by atoms with van der Waals surface area (Å²) in [5.74, 6) is -0.299. The van der Waals surface area contributed by atoms with Crippen molar-refractivity contribution in [3.63, 3.8) is 0 Å². The van der Waals surface area contributed by atoms with Crippen LogP contribution in [0.2, 0.25) is 0 Å². The first kappa shape index (κ1) is 24.9. The number of aromatic hydroxyl groups is 1. The van der Waals surface area contributed by atoms with Crippen LogP contribution < -0.4 is 21.9 Å². The molecule has 42 heavy (non-hydrogen) atoms. The van der Waals surface area contributed by atoms with E-state index in [9.17, 15) is 5.11 Å². The number of furan rings is 1. The van der Waals surface area contributed by atoms with Crippen molar-refractivity contribution in [2.75, 3.05) is 0 Å². The van der Waals surface area contributed by atoms with Gasteiger partial charge in [-0.2, -0.15) is 0 Å². The Labute approximate surface area is 247 Å². The van der Waals surface area contributed by atoms with Gasteiger partial charge in [-0.3, -0.25) is 0 Å². The molecule has 0 spiro atoms. The molecule has 0 saturated carbocycles. The number of hydrogen-bond acceptors (Lipinski definition) is 2. The Kier molecular flexibility index (Phi) is 5.40. The van der Waals surface area contributed by atoms with E-state index in [0.717, 1.165) is 65.6 Å². The number of rotatable bonds is 2. The van der Waals surface area contributed by atoms with E-state index < -0.39 is 0 Å². The summed E-state index contributed by atoms with van der Waals surface area (Å²) >= 11 is 0. The molecule has 8 radical (unpaired) electrons. The molecule has 1 aromatic heterocycles. The predicted octanol–water partition coefficient (Wildman–Crippen LogP) is 5.26. The average molecular weight is 526 g/mol. The fourth-order valence-corrected chi connectivity index (χ4v) is 6.41. The fourth-order valence-electron chi connectivity index (χ4n) is 6.41. The first-order valence-electron chi connectivity index (χ1n) is 13.7. The Morgan fingerprint density at radius 2 is 0.929 bits per heavy atom. The van der Waals surface area contributed by atoms with E-state index >= 15 is 0 Å². The highest BCUT2D eigenvalue weighted by atomic mass is 16.3. The van der Waals surface area contributed by atoms with Gasteiger partial charge in [0.1, 0.15) is 42.6 Å². The maximum Gasteiger partial charge on any atom is 0.136 e. The largest absolute Gasteiger partial charge is 0.509 e. The number of phenols is 1. The lowest BCUT2D eigenvalue weighted by molar-refractivity contribution is 0.484. The second-order valence-electron chi connectivity index (χ2n) is 10.7. The highest BCUT2D eigenvalue weighted by molar-refractivity contribution is 6.61. The monoisotopic (exact) mass is 526 g/mol. The molecule has 0 aliphatic carbocycles. The second kappa shape index (κ2) is 9.09. The standard InChI is InChI=1S/C36H18B4O2/c37-32-31(33(38)35(40)36(41)34(32)39)30-23-11-5-3-9-21(23)29(22-10-4-6-12-24(22)30)20-13-14-27-25(16-20)26-15-18-7-1-2-8-19(18)17-28(26)42-27/h1-17,41H. The molecule has 0 aliphatic heterocycles. The van der Waals surface area contributed by atoms with Crippen molar-refractivity contribution in [2.45, 2.75) is 0 Å². The zero-order chi connectivity index (χ0) is 28.7. The lowest BCUT2D eigenvalue weighted by atomic mass is 9.64. The number of hydrogen-bond donors (Lipinski definition) is 1. The van der Waals surface area contributed by atoms with Gasteiger partial charge in [0.25, 0.3) is 0 Å². The van der Waals surface area contributed by atoms with Crippen LogP contribution in [0.1, 0.15) is 0 Å². The molecular formula is C36H18B4O2. The first-order chi connectivity index (χ1) is 20.4. The number of phenolic OH excluding ortho intramolecular Hbond substituents is 1. The first-order valence-corrected chi connectivity index (χ1v) is 13.7. The molecule has 8 rings (SSSR count). The van der Waals surface area contributed by atoms with Crippen LogP contribution in [0.3, 0.4) is 0 Å². The van der Waals surface area contributed by atoms with Crippen molar-refractivity contribution in [3.8, 4) is 28.0 Å². The van der Waals surface area contributed by atoms with Gasteiger partial charge < -0.3 is 9.52 Å². The van der Waals surface area contributed by atoms with Gasteiger partial charge in [-0.15, -0.1) is 0 Å². The van der Waals surface area contributed by atoms with Gasteiger partial charge in [-0.25, -0.2) is 0 Å². The summed E-state index contributed by atoms with van der Waals surface area (Å²) in [6, 6.07) is 35.3. The fraction of sp³-hybridized carbons (Fsp3) is 0. The molecule has 6 heteroatoms. The molecule has 2 nitrogen and oxygen atoms in total. The van der Waals surface area contributed by atoms with E-state index in [4.69, 9.17) is 35.8 Å². The molecule has 0 bridgehead atoms. The Hall–Kier alpha value is -4.82. The van der Waals surface area contributed by atoms with E-state index in [-0.39, 0.29) is 27.6 Å².